The van der Waals surface area contributed by atoms with E-state index in [4.69, 9.17) is 18.0 Å². The molecule has 0 atom stereocenters. The third-order valence-corrected chi connectivity index (χ3v) is 3.26. The number of amides is 1. The Hall–Kier alpha value is -2.20. The Morgan fingerprint density at radius 1 is 1.15 bits per heavy atom. The fraction of sp³-hybridized carbons (Fsp3) is 0.125. The molecule has 2 rings (SSSR count). The van der Waals surface area contributed by atoms with Crippen LogP contribution in [0.15, 0.2) is 48.5 Å². The first-order chi connectivity index (χ1) is 9.60. The van der Waals surface area contributed by atoms with Crippen molar-refractivity contribution in [2.75, 3.05) is 5.32 Å². The Balaban J connectivity index is 2.13. The number of hydrogen-bond acceptors (Lipinski definition) is 2. The summed E-state index contributed by atoms with van der Waals surface area (Å²) in [6, 6.07) is 14.7. The molecule has 4 heteroatoms. The van der Waals surface area contributed by atoms with Crippen molar-refractivity contribution in [2.45, 2.75) is 13.3 Å². The predicted octanol–water partition coefficient (Wildman–Crippen LogP) is 3.14. The van der Waals surface area contributed by atoms with Crippen LogP contribution in [0.1, 0.15) is 28.4 Å². The highest BCUT2D eigenvalue weighted by Gasteiger charge is 2.06. The van der Waals surface area contributed by atoms with Gasteiger partial charge in [0.15, 0.2) is 0 Å². The normalized spacial score (nSPS) is 10.1. The molecule has 0 aliphatic rings. The van der Waals surface area contributed by atoms with E-state index in [1.54, 1.807) is 24.3 Å². The molecule has 3 nitrogen and oxygen atoms in total. The van der Waals surface area contributed by atoms with E-state index in [0.717, 1.165) is 17.7 Å². The van der Waals surface area contributed by atoms with Gasteiger partial charge in [-0.2, -0.15) is 0 Å². The van der Waals surface area contributed by atoms with E-state index >= 15 is 0 Å². The van der Waals surface area contributed by atoms with Crippen LogP contribution < -0.4 is 11.1 Å². The van der Waals surface area contributed by atoms with E-state index in [9.17, 15) is 4.79 Å². The molecule has 0 fully saturated rings. The number of nitrogens with one attached hydrogen (secondary N) is 1. The van der Waals surface area contributed by atoms with E-state index in [2.05, 4.69) is 12.2 Å². The second-order valence-electron chi connectivity index (χ2n) is 4.45. The molecule has 1 amide bonds. The molecule has 0 aliphatic carbocycles. The zero-order valence-electron chi connectivity index (χ0n) is 11.2. The molecular weight excluding hydrogens is 268 g/mol. The molecule has 2 aromatic carbocycles. The monoisotopic (exact) mass is 284 g/mol. The van der Waals surface area contributed by atoms with Gasteiger partial charge in [-0.25, -0.2) is 0 Å². The summed E-state index contributed by atoms with van der Waals surface area (Å²) in [7, 11) is 0. The number of thiocarbonyl (C=S) groups is 1. The standard InChI is InChI=1S/C16H16N2OS/c1-2-11-4-3-5-14(10-11)18-16(19)13-8-6-12(7-9-13)15(17)20/h3-10H,2H2,1H3,(H2,17,20)(H,18,19). The molecule has 20 heavy (non-hydrogen) atoms. The second kappa shape index (κ2) is 6.30. The number of hydrogen-bond donors (Lipinski definition) is 2. The molecule has 2 aromatic rings. The van der Waals surface area contributed by atoms with Crippen LogP contribution in [0.4, 0.5) is 5.69 Å². The Morgan fingerprint density at radius 3 is 2.40 bits per heavy atom. The van der Waals surface area contributed by atoms with Gasteiger partial charge >= 0.3 is 0 Å². The molecule has 0 saturated carbocycles. The van der Waals surface area contributed by atoms with Crippen molar-refractivity contribution in [2.24, 2.45) is 5.73 Å². The van der Waals surface area contributed by atoms with Crippen molar-refractivity contribution in [3.05, 3.63) is 65.2 Å². The van der Waals surface area contributed by atoms with Gasteiger partial charge in [-0.1, -0.05) is 43.4 Å². The van der Waals surface area contributed by atoms with E-state index in [1.165, 1.54) is 5.56 Å². The van der Waals surface area contributed by atoms with Crippen molar-refractivity contribution in [3.63, 3.8) is 0 Å². The van der Waals surface area contributed by atoms with Crippen LogP contribution in [0.5, 0.6) is 0 Å². The van der Waals surface area contributed by atoms with Gasteiger partial charge in [-0.3, -0.25) is 4.79 Å². The molecule has 0 aliphatic heterocycles. The lowest BCUT2D eigenvalue weighted by Crippen LogP contribution is -2.13. The lowest BCUT2D eigenvalue weighted by molar-refractivity contribution is 0.102. The van der Waals surface area contributed by atoms with Gasteiger partial charge in [0, 0.05) is 16.8 Å². The fourth-order valence-electron chi connectivity index (χ4n) is 1.86. The van der Waals surface area contributed by atoms with Gasteiger partial charge in [0.25, 0.3) is 5.91 Å². The van der Waals surface area contributed by atoms with Crippen LogP contribution in [-0.2, 0) is 6.42 Å². The highest BCUT2D eigenvalue weighted by atomic mass is 32.1. The predicted molar refractivity (Wildman–Crippen MR) is 86.1 cm³/mol. The summed E-state index contributed by atoms with van der Waals surface area (Å²) in [5.41, 5.74) is 8.84. The number of benzene rings is 2. The summed E-state index contributed by atoms with van der Waals surface area (Å²) in [6.07, 6.45) is 0.937. The lowest BCUT2D eigenvalue weighted by Gasteiger charge is -2.07. The number of carbonyl (C=O) groups excluding carboxylic acids is 1. The van der Waals surface area contributed by atoms with Crippen molar-refractivity contribution >= 4 is 28.8 Å². The summed E-state index contributed by atoms with van der Waals surface area (Å²) in [5, 5.41) is 2.88. The smallest absolute Gasteiger partial charge is 0.255 e. The molecule has 102 valence electrons. The minimum atomic E-state index is -0.146. The van der Waals surface area contributed by atoms with Crippen LogP contribution in [-0.4, -0.2) is 10.9 Å². The van der Waals surface area contributed by atoms with Gasteiger partial charge in [0.2, 0.25) is 0 Å². The van der Waals surface area contributed by atoms with Gasteiger partial charge in [0.1, 0.15) is 4.99 Å². The fourth-order valence-corrected chi connectivity index (χ4v) is 1.99. The SMILES string of the molecule is CCc1cccc(NC(=O)c2ccc(C(N)=S)cc2)c1. The van der Waals surface area contributed by atoms with Crippen molar-refractivity contribution < 1.29 is 4.79 Å². The first-order valence-corrected chi connectivity index (χ1v) is 6.81. The molecule has 0 heterocycles. The van der Waals surface area contributed by atoms with E-state index < -0.39 is 0 Å². The van der Waals surface area contributed by atoms with Crippen LogP contribution in [0.3, 0.4) is 0 Å². The number of aryl methyl sites for hydroxylation is 1. The zero-order valence-corrected chi connectivity index (χ0v) is 12.0. The molecular formula is C16H16N2OS. The summed E-state index contributed by atoms with van der Waals surface area (Å²) >= 11 is 4.88. The minimum Gasteiger partial charge on any atom is -0.389 e. The van der Waals surface area contributed by atoms with E-state index in [0.29, 0.717) is 10.6 Å². The van der Waals surface area contributed by atoms with Gasteiger partial charge in [-0.15, -0.1) is 0 Å². The summed E-state index contributed by atoms with van der Waals surface area (Å²) in [5.74, 6) is -0.146. The lowest BCUT2D eigenvalue weighted by atomic mass is 10.1. The molecule has 0 aromatic heterocycles. The van der Waals surface area contributed by atoms with Crippen LogP contribution in [0.25, 0.3) is 0 Å². The van der Waals surface area contributed by atoms with Gasteiger partial charge in [-0.05, 0) is 36.2 Å². The number of anilines is 1. The Morgan fingerprint density at radius 2 is 1.80 bits per heavy atom. The molecule has 0 unspecified atom stereocenters. The summed E-state index contributed by atoms with van der Waals surface area (Å²) < 4.78 is 0. The molecule has 3 N–H and O–H groups in total. The van der Waals surface area contributed by atoms with E-state index in [1.807, 2.05) is 24.3 Å². The Labute approximate surface area is 123 Å². The van der Waals surface area contributed by atoms with Crippen LogP contribution in [0.2, 0.25) is 0 Å². The summed E-state index contributed by atoms with van der Waals surface area (Å²) in [4.78, 5) is 12.4. The third kappa shape index (κ3) is 3.42. The van der Waals surface area contributed by atoms with Gasteiger partial charge < -0.3 is 11.1 Å². The number of nitrogens with two attached hydrogens (primary N) is 1. The number of carbonyl (C=O) groups is 1. The second-order valence-corrected chi connectivity index (χ2v) is 4.89. The Kier molecular flexibility index (Phi) is 4.48. The maximum Gasteiger partial charge on any atom is 0.255 e. The zero-order chi connectivity index (χ0) is 14.5. The first kappa shape index (κ1) is 14.2. The topological polar surface area (TPSA) is 55.1 Å². The van der Waals surface area contributed by atoms with Crippen LogP contribution in [0, 0.1) is 0 Å². The first-order valence-electron chi connectivity index (χ1n) is 6.40. The minimum absolute atomic E-state index is 0.146. The van der Waals surface area contributed by atoms with Crippen molar-refractivity contribution in [1.29, 1.82) is 0 Å². The van der Waals surface area contributed by atoms with E-state index in [-0.39, 0.29) is 5.91 Å². The number of rotatable bonds is 4. The highest BCUT2D eigenvalue weighted by molar-refractivity contribution is 7.80. The van der Waals surface area contributed by atoms with Gasteiger partial charge in [0.05, 0.1) is 0 Å². The molecule has 0 radical (unpaired) electrons. The third-order valence-electron chi connectivity index (χ3n) is 3.02. The molecule has 0 bridgehead atoms. The van der Waals surface area contributed by atoms with Crippen LogP contribution >= 0.6 is 12.2 Å². The molecule has 0 saturated heterocycles. The quantitative estimate of drug-likeness (QED) is 0.848. The summed E-state index contributed by atoms with van der Waals surface area (Å²) in [6.45, 7) is 2.08. The maximum absolute atomic E-state index is 12.1. The maximum atomic E-state index is 12.1. The average molecular weight is 284 g/mol. The average Bonchev–Trinajstić information content (AvgIpc) is 2.47. The largest absolute Gasteiger partial charge is 0.389 e. The van der Waals surface area contributed by atoms with Crippen molar-refractivity contribution in [3.8, 4) is 0 Å². The Bertz CT molecular complexity index is 635. The highest BCUT2D eigenvalue weighted by Crippen LogP contribution is 2.13. The van der Waals surface area contributed by atoms with Crippen molar-refractivity contribution in [1.82, 2.24) is 0 Å². The molecule has 0 spiro atoms.